The van der Waals surface area contributed by atoms with Crippen molar-refractivity contribution < 1.29 is 0 Å². The van der Waals surface area contributed by atoms with Gasteiger partial charge in [0.1, 0.15) is 0 Å². The average molecular weight is 339 g/mol. The van der Waals surface area contributed by atoms with Crippen molar-refractivity contribution in [2.75, 3.05) is 19.6 Å². The highest BCUT2D eigenvalue weighted by molar-refractivity contribution is 4.61. The zero-order valence-corrected chi connectivity index (χ0v) is 16.8. The number of hydrogen-bond donors (Lipinski definition) is 1. The largest absolute Gasteiger partial charge is 0.255 e. The van der Waals surface area contributed by atoms with Crippen molar-refractivity contribution in [3.05, 3.63) is 0 Å². The van der Waals surface area contributed by atoms with Crippen LogP contribution >= 0.6 is 0 Å². The molecule has 0 aromatic heterocycles. The molecule has 0 bridgehead atoms. The Morgan fingerprint density at radius 2 is 0.917 bits per heavy atom. The molecule has 1 heterocycles. The van der Waals surface area contributed by atoms with E-state index in [1.54, 1.807) is 0 Å². The lowest BCUT2D eigenvalue weighted by Crippen LogP contribution is -2.35. The Labute approximate surface area is 153 Å². The molecule has 0 saturated carbocycles. The molecule has 0 aromatic rings. The fourth-order valence-corrected chi connectivity index (χ4v) is 3.79. The maximum absolute atomic E-state index is 3.56. The second-order valence-corrected chi connectivity index (χ2v) is 7.91. The van der Waals surface area contributed by atoms with E-state index in [9.17, 15) is 0 Å². The first kappa shape index (κ1) is 22.0. The van der Waals surface area contributed by atoms with Gasteiger partial charge in [0.15, 0.2) is 0 Å². The van der Waals surface area contributed by atoms with Crippen LogP contribution in [-0.2, 0) is 0 Å². The lowest BCUT2D eigenvalue weighted by Gasteiger charge is -2.15. The predicted octanol–water partition coefficient (Wildman–Crippen LogP) is 6.85. The van der Waals surface area contributed by atoms with Gasteiger partial charge >= 0.3 is 0 Å². The highest BCUT2D eigenvalue weighted by atomic mass is 15.5. The fraction of sp³-hybridized carbons (Fsp3) is 1.00. The third-order valence-electron chi connectivity index (χ3n) is 5.47. The second-order valence-electron chi connectivity index (χ2n) is 7.91. The molecule has 0 atom stereocenters. The summed E-state index contributed by atoms with van der Waals surface area (Å²) in [5, 5.41) is 2.41. The van der Waals surface area contributed by atoms with Crippen LogP contribution in [0.15, 0.2) is 0 Å². The van der Waals surface area contributed by atoms with Gasteiger partial charge in [-0.2, -0.15) is 0 Å². The van der Waals surface area contributed by atoms with Gasteiger partial charge in [-0.3, -0.25) is 5.43 Å². The second kappa shape index (κ2) is 17.7. The van der Waals surface area contributed by atoms with Crippen molar-refractivity contribution in [3.63, 3.8) is 0 Å². The highest BCUT2D eigenvalue weighted by Crippen LogP contribution is 2.13. The molecule has 144 valence electrons. The third-order valence-corrected chi connectivity index (χ3v) is 5.47. The van der Waals surface area contributed by atoms with E-state index in [1.165, 1.54) is 135 Å². The van der Waals surface area contributed by atoms with Crippen LogP contribution in [0.4, 0.5) is 0 Å². The van der Waals surface area contributed by atoms with E-state index in [0.29, 0.717) is 0 Å². The number of nitrogens with one attached hydrogen (secondary N) is 1. The number of nitrogens with zero attached hydrogens (tertiary/aromatic N) is 1. The number of hydrogen-bond acceptors (Lipinski definition) is 2. The Bertz CT molecular complexity index is 236. The summed E-state index contributed by atoms with van der Waals surface area (Å²) in [5.74, 6) is 0. The van der Waals surface area contributed by atoms with E-state index in [0.717, 1.165) is 0 Å². The number of rotatable bonds is 18. The molecule has 0 spiro atoms. The molecule has 24 heavy (non-hydrogen) atoms. The summed E-state index contributed by atoms with van der Waals surface area (Å²) >= 11 is 0. The summed E-state index contributed by atoms with van der Waals surface area (Å²) < 4.78 is 0. The van der Waals surface area contributed by atoms with E-state index in [1.807, 2.05) is 0 Å². The first-order chi connectivity index (χ1) is 11.9. The van der Waals surface area contributed by atoms with Gasteiger partial charge in [-0.15, -0.1) is 0 Å². The summed E-state index contributed by atoms with van der Waals surface area (Å²) in [6, 6.07) is 0. The fourth-order valence-electron chi connectivity index (χ4n) is 3.79. The molecular weight excluding hydrogens is 292 g/mol. The van der Waals surface area contributed by atoms with Gasteiger partial charge in [0.05, 0.1) is 0 Å². The maximum atomic E-state index is 3.56. The zero-order chi connectivity index (χ0) is 17.1. The summed E-state index contributed by atoms with van der Waals surface area (Å²) in [6.45, 7) is 6.02. The Morgan fingerprint density at radius 3 is 1.33 bits per heavy atom. The lowest BCUT2D eigenvalue weighted by atomic mass is 10.0. The molecule has 2 nitrogen and oxygen atoms in total. The van der Waals surface area contributed by atoms with Crippen LogP contribution in [0.1, 0.15) is 122 Å². The molecule has 0 unspecified atom stereocenters. The summed E-state index contributed by atoms with van der Waals surface area (Å²) in [4.78, 5) is 0. The number of hydrazine groups is 1. The van der Waals surface area contributed by atoms with Crippen molar-refractivity contribution in [2.45, 2.75) is 122 Å². The van der Waals surface area contributed by atoms with Crippen molar-refractivity contribution in [2.24, 2.45) is 0 Å². The molecule has 2 heteroatoms. The topological polar surface area (TPSA) is 15.3 Å². The highest BCUT2D eigenvalue weighted by Gasteiger charge is 2.09. The minimum Gasteiger partial charge on any atom is -0.255 e. The molecule has 0 amide bonds. The third kappa shape index (κ3) is 14.3. The molecule has 0 aromatic carbocycles. The van der Waals surface area contributed by atoms with E-state index >= 15 is 0 Å². The molecule has 1 rings (SSSR count). The van der Waals surface area contributed by atoms with Crippen LogP contribution in [0, 0.1) is 0 Å². The molecule has 1 N–H and O–H groups in total. The summed E-state index contributed by atoms with van der Waals surface area (Å²) in [5.41, 5.74) is 3.56. The SMILES string of the molecule is CCCCCCCCCCCCCCCCCCNN1CCCC1. The summed E-state index contributed by atoms with van der Waals surface area (Å²) in [6.07, 6.45) is 26.0. The van der Waals surface area contributed by atoms with Gasteiger partial charge in [-0.05, 0) is 19.3 Å². The first-order valence-electron chi connectivity index (χ1n) is 11.4. The van der Waals surface area contributed by atoms with E-state index in [4.69, 9.17) is 0 Å². The smallest absolute Gasteiger partial charge is 0.0131 e. The van der Waals surface area contributed by atoms with Crippen LogP contribution in [0.3, 0.4) is 0 Å². The van der Waals surface area contributed by atoms with E-state index in [2.05, 4.69) is 17.4 Å². The Hall–Kier alpha value is -0.0800. The molecule has 1 saturated heterocycles. The average Bonchev–Trinajstić information content (AvgIpc) is 3.11. The van der Waals surface area contributed by atoms with Crippen LogP contribution in [0.2, 0.25) is 0 Å². The lowest BCUT2D eigenvalue weighted by molar-refractivity contribution is 0.233. The van der Waals surface area contributed by atoms with Crippen molar-refractivity contribution in [1.29, 1.82) is 0 Å². The molecule has 1 aliphatic rings. The molecule has 0 radical (unpaired) electrons. The minimum absolute atomic E-state index is 1.19. The standard InChI is InChI=1S/C22H46N2/c1-2-3-4-5-6-7-8-9-10-11-12-13-14-15-16-17-20-23-24-21-18-19-22-24/h23H,2-22H2,1H3. The van der Waals surface area contributed by atoms with Gasteiger partial charge in [0, 0.05) is 19.6 Å². The van der Waals surface area contributed by atoms with Crippen molar-refractivity contribution in [1.82, 2.24) is 10.4 Å². The van der Waals surface area contributed by atoms with Crippen molar-refractivity contribution >= 4 is 0 Å². The first-order valence-corrected chi connectivity index (χ1v) is 11.4. The van der Waals surface area contributed by atoms with E-state index in [-0.39, 0.29) is 0 Å². The van der Waals surface area contributed by atoms with Crippen LogP contribution in [0.25, 0.3) is 0 Å². The Morgan fingerprint density at radius 1 is 0.542 bits per heavy atom. The Balaban J connectivity index is 1.63. The van der Waals surface area contributed by atoms with Gasteiger partial charge in [0.2, 0.25) is 0 Å². The monoisotopic (exact) mass is 338 g/mol. The normalized spacial score (nSPS) is 15.4. The van der Waals surface area contributed by atoms with Gasteiger partial charge in [-0.1, -0.05) is 103 Å². The van der Waals surface area contributed by atoms with Crippen LogP contribution < -0.4 is 5.43 Å². The summed E-state index contributed by atoms with van der Waals surface area (Å²) in [7, 11) is 0. The van der Waals surface area contributed by atoms with E-state index < -0.39 is 0 Å². The zero-order valence-electron chi connectivity index (χ0n) is 16.8. The molecule has 0 aliphatic carbocycles. The molecule has 1 aliphatic heterocycles. The molecule has 1 fully saturated rings. The van der Waals surface area contributed by atoms with Crippen molar-refractivity contribution in [3.8, 4) is 0 Å². The van der Waals surface area contributed by atoms with Crippen LogP contribution in [0.5, 0.6) is 0 Å². The van der Waals surface area contributed by atoms with Gasteiger partial charge < -0.3 is 0 Å². The van der Waals surface area contributed by atoms with Gasteiger partial charge in [0.25, 0.3) is 0 Å². The quantitative estimate of drug-likeness (QED) is 0.275. The predicted molar refractivity (Wildman–Crippen MR) is 108 cm³/mol. The minimum atomic E-state index is 1.19. The van der Waals surface area contributed by atoms with Crippen LogP contribution in [-0.4, -0.2) is 24.6 Å². The maximum Gasteiger partial charge on any atom is 0.0131 e. The Kier molecular flexibility index (Phi) is 16.2. The molecular formula is C22H46N2. The number of unbranched alkanes of at least 4 members (excludes halogenated alkanes) is 15. The van der Waals surface area contributed by atoms with Gasteiger partial charge in [-0.25, -0.2) is 5.01 Å².